The number of aliphatic imine (C=N–C) groups is 4. The van der Waals surface area contributed by atoms with Crippen molar-refractivity contribution in [1.82, 2.24) is 0 Å². The lowest BCUT2D eigenvalue weighted by atomic mass is 10.1. The van der Waals surface area contributed by atoms with E-state index in [-0.39, 0.29) is 18.1 Å². The number of nitrogens with one attached hydrogen (secondary N) is 3. The highest BCUT2D eigenvalue weighted by Crippen LogP contribution is 2.36. The summed E-state index contributed by atoms with van der Waals surface area (Å²) in [5.41, 5.74) is 4.66. The van der Waals surface area contributed by atoms with Crippen LogP contribution in [0.2, 0.25) is 0 Å². The number of nitrogens with zero attached hydrogens (tertiary/aromatic N) is 4. The van der Waals surface area contributed by atoms with Crippen LogP contribution in [0.1, 0.15) is 89.5 Å². The number of benzene rings is 1. The molecule has 0 spiro atoms. The second-order valence-corrected chi connectivity index (χ2v) is 10.2. The number of hydrogen-bond donors (Lipinski definition) is 3. The molecule has 190 valence electrons. The Morgan fingerprint density at radius 2 is 1.00 bits per heavy atom. The summed E-state index contributed by atoms with van der Waals surface area (Å²) in [5, 5.41) is 10.4. The molecule has 0 atom stereocenters. The molecule has 0 saturated carbocycles. The Bertz CT molecular complexity index is 919. The third kappa shape index (κ3) is 11.4. The van der Waals surface area contributed by atoms with Crippen molar-refractivity contribution in [3.63, 3.8) is 0 Å². The topological polar surface area (TPSA) is 85.5 Å². The molecule has 1 aromatic carbocycles. The summed E-state index contributed by atoms with van der Waals surface area (Å²) in [7, 11) is 0. The molecular weight excluding hydrogens is 422 g/mol. The number of hydrogen-bond acceptors (Lipinski definition) is 4. The lowest BCUT2D eigenvalue weighted by molar-refractivity contribution is 0.682. The first-order chi connectivity index (χ1) is 15.8. The van der Waals surface area contributed by atoms with E-state index in [0.717, 1.165) is 52.4 Å². The lowest BCUT2D eigenvalue weighted by Crippen LogP contribution is -2.16. The van der Waals surface area contributed by atoms with Crippen molar-refractivity contribution in [3.05, 3.63) is 12.1 Å². The highest BCUT2D eigenvalue weighted by molar-refractivity contribution is 6.06. The maximum absolute atomic E-state index is 4.99. The molecule has 1 aromatic rings. The second kappa shape index (κ2) is 13.9. The summed E-state index contributed by atoms with van der Waals surface area (Å²) in [5.74, 6) is 3.09. The van der Waals surface area contributed by atoms with Gasteiger partial charge in [0, 0.05) is 23.8 Å². The first-order valence-corrected chi connectivity index (χ1v) is 12.4. The van der Waals surface area contributed by atoms with Crippen LogP contribution in [-0.4, -0.2) is 41.3 Å². The van der Waals surface area contributed by atoms with Crippen molar-refractivity contribution in [2.45, 2.75) is 108 Å². The van der Waals surface area contributed by atoms with Crippen LogP contribution in [0.3, 0.4) is 0 Å². The molecule has 0 saturated heterocycles. The smallest absolute Gasteiger partial charge is 0.0979 e. The van der Waals surface area contributed by atoms with Crippen LogP contribution in [-0.2, 0) is 0 Å². The fourth-order valence-electron chi connectivity index (χ4n) is 3.67. The summed E-state index contributed by atoms with van der Waals surface area (Å²) in [4.78, 5) is 18.9. The van der Waals surface area contributed by atoms with E-state index in [1.165, 1.54) is 0 Å². The second-order valence-electron chi connectivity index (χ2n) is 10.2. The summed E-state index contributed by atoms with van der Waals surface area (Å²) in [6, 6.07) is 4.75. The van der Waals surface area contributed by atoms with Crippen molar-refractivity contribution in [1.29, 1.82) is 0 Å². The van der Waals surface area contributed by atoms with Crippen LogP contribution in [0.4, 0.5) is 22.7 Å². The van der Waals surface area contributed by atoms with Gasteiger partial charge in [-0.3, -0.25) is 20.0 Å². The normalized spacial score (nSPS) is 14.0. The van der Waals surface area contributed by atoms with Crippen molar-refractivity contribution in [2.75, 3.05) is 16.0 Å². The van der Waals surface area contributed by atoms with Gasteiger partial charge in [-0.05, 0) is 93.7 Å². The van der Waals surface area contributed by atoms with Gasteiger partial charge in [0.1, 0.15) is 0 Å². The van der Waals surface area contributed by atoms with Gasteiger partial charge in [0.15, 0.2) is 0 Å². The molecular formula is C27H47N7. The number of anilines is 3. The van der Waals surface area contributed by atoms with Crippen LogP contribution in [0.5, 0.6) is 0 Å². The van der Waals surface area contributed by atoms with Crippen LogP contribution in [0, 0.1) is 5.92 Å². The Hall–Kier alpha value is -2.70. The molecule has 0 amide bonds. The average Bonchev–Trinajstić information content (AvgIpc) is 2.62. The van der Waals surface area contributed by atoms with Gasteiger partial charge >= 0.3 is 0 Å². The molecule has 7 heteroatoms. The SMILES string of the molecule is CC(CC(C)C)=Nc1cc(NC(C)=NC(C)C)c(NC(C)=NC(C)C)cc1NC(C)=NC(C)C. The molecule has 0 unspecified atom stereocenters. The van der Waals surface area contributed by atoms with Gasteiger partial charge in [0.2, 0.25) is 0 Å². The third-order valence-corrected chi connectivity index (χ3v) is 4.45. The van der Waals surface area contributed by atoms with Crippen LogP contribution >= 0.6 is 0 Å². The maximum atomic E-state index is 4.99. The lowest BCUT2D eigenvalue weighted by Gasteiger charge is -2.19. The molecule has 0 heterocycles. The summed E-state index contributed by atoms with van der Waals surface area (Å²) in [6.45, 7) is 24.9. The van der Waals surface area contributed by atoms with Crippen molar-refractivity contribution in [3.8, 4) is 0 Å². The molecule has 0 bridgehead atoms. The molecule has 0 aliphatic carbocycles. The summed E-state index contributed by atoms with van der Waals surface area (Å²) >= 11 is 0. The van der Waals surface area contributed by atoms with E-state index in [4.69, 9.17) is 4.99 Å². The van der Waals surface area contributed by atoms with Crippen LogP contribution in [0.15, 0.2) is 32.1 Å². The van der Waals surface area contributed by atoms with E-state index in [1.807, 2.05) is 20.8 Å². The zero-order chi connectivity index (χ0) is 26.0. The zero-order valence-corrected chi connectivity index (χ0v) is 23.5. The van der Waals surface area contributed by atoms with E-state index in [2.05, 4.69) is 105 Å². The minimum atomic E-state index is 0.203. The minimum absolute atomic E-state index is 0.203. The van der Waals surface area contributed by atoms with E-state index in [9.17, 15) is 0 Å². The van der Waals surface area contributed by atoms with Gasteiger partial charge in [-0.1, -0.05) is 13.8 Å². The summed E-state index contributed by atoms with van der Waals surface area (Å²) in [6.07, 6.45) is 0.940. The highest BCUT2D eigenvalue weighted by Gasteiger charge is 2.13. The van der Waals surface area contributed by atoms with E-state index in [1.54, 1.807) is 0 Å². The van der Waals surface area contributed by atoms with Gasteiger partial charge in [0.05, 0.1) is 40.3 Å². The van der Waals surface area contributed by atoms with Gasteiger partial charge < -0.3 is 16.0 Å². The van der Waals surface area contributed by atoms with Crippen LogP contribution < -0.4 is 16.0 Å². The molecule has 1 rings (SSSR count). The largest absolute Gasteiger partial charge is 0.343 e. The van der Waals surface area contributed by atoms with E-state index >= 15 is 0 Å². The quantitative estimate of drug-likeness (QED) is 0.258. The van der Waals surface area contributed by atoms with E-state index in [0.29, 0.717) is 5.92 Å². The monoisotopic (exact) mass is 469 g/mol. The van der Waals surface area contributed by atoms with Crippen LogP contribution in [0.25, 0.3) is 0 Å². The Balaban J connectivity index is 3.68. The van der Waals surface area contributed by atoms with Crippen molar-refractivity contribution in [2.24, 2.45) is 25.9 Å². The van der Waals surface area contributed by atoms with Gasteiger partial charge in [-0.15, -0.1) is 0 Å². The van der Waals surface area contributed by atoms with Gasteiger partial charge in [0.25, 0.3) is 0 Å². The fourth-order valence-corrected chi connectivity index (χ4v) is 3.67. The first kappa shape index (κ1) is 29.3. The Morgan fingerprint density at radius 1 is 0.618 bits per heavy atom. The van der Waals surface area contributed by atoms with Crippen molar-refractivity contribution >= 4 is 46.0 Å². The van der Waals surface area contributed by atoms with Gasteiger partial charge in [-0.25, -0.2) is 0 Å². The Labute approximate surface area is 207 Å². The predicted octanol–water partition coefficient (Wildman–Crippen LogP) is 7.54. The fraction of sp³-hybridized carbons (Fsp3) is 0.630. The Morgan fingerprint density at radius 3 is 1.38 bits per heavy atom. The number of rotatable bonds is 9. The molecule has 0 aliphatic heterocycles. The number of amidine groups is 3. The molecule has 34 heavy (non-hydrogen) atoms. The molecule has 0 aliphatic rings. The first-order valence-electron chi connectivity index (χ1n) is 12.4. The Kier molecular flexibility index (Phi) is 12.0. The summed E-state index contributed by atoms with van der Waals surface area (Å²) < 4.78 is 0. The minimum Gasteiger partial charge on any atom is -0.343 e. The molecule has 7 nitrogen and oxygen atoms in total. The zero-order valence-electron chi connectivity index (χ0n) is 23.5. The molecule has 0 radical (unpaired) electrons. The third-order valence-electron chi connectivity index (χ3n) is 4.45. The van der Waals surface area contributed by atoms with Gasteiger partial charge in [-0.2, -0.15) is 0 Å². The highest BCUT2D eigenvalue weighted by atomic mass is 15.1. The molecule has 3 N–H and O–H groups in total. The molecule has 0 fully saturated rings. The maximum Gasteiger partial charge on any atom is 0.0979 e. The predicted molar refractivity (Wildman–Crippen MR) is 154 cm³/mol. The average molecular weight is 470 g/mol. The molecule has 0 aromatic heterocycles. The van der Waals surface area contributed by atoms with Crippen molar-refractivity contribution < 1.29 is 0 Å². The van der Waals surface area contributed by atoms with E-state index < -0.39 is 0 Å². The standard InChI is InChI=1S/C27H47N7/c1-16(2)13-20(9)31-24-14-26(33-22(11)29-18(5)6)27(34-23(12)30-19(7)8)15-25(24)32-21(10)28-17(3)4/h14-19H,13H2,1-12H3,(H,28,32)(H,29,33)(H,30,34).